The van der Waals surface area contributed by atoms with Crippen LogP contribution in [0.25, 0.3) is 0 Å². The van der Waals surface area contributed by atoms with E-state index in [0.717, 1.165) is 36.8 Å². The molecular formula is C19H19ClO. The smallest absolute Gasteiger partial charge is 0.173 e. The van der Waals surface area contributed by atoms with Gasteiger partial charge in [0.2, 0.25) is 0 Å². The lowest BCUT2D eigenvalue weighted by atomic mass is 9.65. The molecule has 1 aliphatic carbocycles. The highest BCUT2D eigenvalue weighted by molar-refractivity contribution is 6.30. The molecule has 0 saturated heterocycles. The van der Waals surface area contributed by atoms with Crippen molar-refractivity contribution in [2.75, 3.05) is 0 Å². The van der Waals surface area contributed by atoms with Crippen LogP contribution in [-0.4, -0.2) is 5.78 Å². The van der Waals surface area contributed by atoms with Crippen LogP contribution in [0.5, 0.6) is 0 Å². The quantitative estimate of drug-likeness (QED) is 0.691. The van der Waals surface area contributed by atoms with Crippen LogP contribution in [0.1, 0.15) is 48.0 Å². The summed E-state index contributed by atoms with van der Waals surface area (Å²) in [7, 11) is 0. The van der Waals surface area contributed by atoms with Crippen molar-refractivity contribution in [3.8, 4) is 0 Å². The van der Waals surface area contributed by atoms with Crippen LogP contribution in [0.15, 0.2) is 54.6 Å². The molecule has 0 aliphatic heterocycles. The molecule has 0 N–H and O–H groups in total. The van der Waals surface area contributed by atoms with E-state index in [1.807, 2.05) is 30.3 Å². The van der Waals surface area contributed by atoms with Crippen LogP contribution in [-0.2, 0) is 5.41 Å². The Balaban J connectivity index is 2.03. The summed E-state index contributed by atoms with van der Waals surface area (Å²) in [5, 5.41) is 0.670. The van der Waals surface area contributed by atoms with Gasteiger partial charge in [-0.25, -0.2) is 0 Å². The minimum Gasteiger partial charge on any atom is -0.293 e. The molecule has 2 heteroatoms. The maximum Gasteiger partial charge on any atom is 0.173 e. The Morgan fingerprint density at radius 2 is 1.48 bits per heavy atom. The Labute approximate surface area is 131 Å². The number of carbonyl (C=O) groups excluding carboxylic acids is 1. The molecule has 0 unspecified atom stereocenters. The van der Waals surface area contributed by atoms with Gasteiger partial charge in [-0.1, -0.05) is 61.2 Å². The van der Waals surface area contributed by atoms with Gasteiger partial charge in [0, 0.05) is 10.6 Å². The second kappa shape index (κ2) is 6.03. The summed E-state index contributed by atoms with van der Waals surface area (Å²) in [5.74, 6) is 0.241. The lowest BCUT2D eigenvalue weighted by Crippen LogP contribution is -2.38. The fourth-order valence-electron chi connectivity index (χ4n) is 3.44. The molecule has 0 heterocycles. The van der Waals surface area contributed by atoms with Crippen molar-refractivity contribution in [2.45, 2.75) is 37.5 Å². The summed E-state index contributed by atoms with van der Waals surface area (Å²) in [4.78, 5) is 13.2. The van der Waals surface area contributed by atoms with Gasteiger partial charge in [-0.15, -0.1) is 0 Å². The lowest BCUT2D eigenvalue weighted by Gasteiger charge is -2.36. The fraction of sp³-hybridized carbons (Fsp3) is 0.316. The average molecular weight is 299 g/mol. The van der Waals surface area contributed by atoms with E-state index in [1.165, 1.54) is 6.42 Å². The van der Waals surface area contributed by atoms with Crippen molar-refractivity contribution in [2.24, 2.45) is 0 Å². The molecule has 2 aromatic rings. The lowest BCUT2D eigenvalue weighted by molar-refractivity contribution is 0.0839. The normalized spacial score (nSPS) is 17.4. The van der Waals surface area contributed by atoms with Crippen LogP contribution in [0.3, 0.4) is 0 Å². The van der Waals surface area contributed by atoms with E-state index in [4.69, 9.17) is 11.6 Å². The minimum absolute atomic E-state index is 0.241. The highest BCUT2D eigenvalue weighted by Crippen LogP contribution is 2.42. The SMILES string of the molecule is O=C(c1ccc(Cl)cc1)C1(c2ccccc2)CCCCC1. The molecule has 0 aromatic heterocycles. The van der Waals surface area contributed by atoms with Gasteiger partial charge in [0.25, 0.3) is 0 Å². The fourth-order valence-corrected chi connectivity index (χ4v) is 3.56. The molecule has 108 valence electrons. The molecule has 1 aliphatic rings. The zero-order valence-electron chi connectivity index (χ0n) is 12.0. The summed E-state index contributed by atoms with van der Waals surface area (Å²) in [5.41, 5.74) is 1.57. The molecule has 0 spiro atoms. The van der Waals surface area contributed by atoms with Crippen LogP contribution in [0, 0.1) is 0 Å². The molecule has 21 heavy (non-hydrogen) atoms. The summed E-state index contributed by atoms with van der Waals surface area (Å²) >= 11 is 5.94. The van der Waals surface area contributed by atoms with Crippen molar-refractivity contribution in [1.82, 2.24) is 0 Å². The predicted octanol–water partition coefficient (Wildman–Crippen LogP) is 5.42. The predicted molar refractivity (Wildman–Crippen MR) is 87.0 cm³/mol. The molecule has 1 nitrogen and oxygen atoms in total. The Bertz CT molecular complexity index is 610. The minimum atomic E-state index is -0.354. The van der Waals surface area contributed by atoms with Crippen molar-refractivity contribution in [1.29, 1.82) is 0 Å². The van der Waals surface area contributed by atoms with E-state index < -0.39 is 0 Å². The van der Waals surface area contributed by atoms with Gasteiger partial charge in [0.15, 0.2) is 5.78 Å². The number of Topliss-reactive ketones (excluding diaryl/α,β-unsaturated/α-hetero) is 1. The molecule has 0 bridgehead atoms. The van der Waals surface area contributed by atoms with E-state index in [9.17, 15) is 4.79 Å². The number of benzene rings is 2. The van der Waals surface area contributed by atoms with Crippen LogP contribution >= 0.6 is 11.6 Å². The zero-order chi connectivity index (χ0) is 14.7. The molecule has 0 atom stereocenters. The Morgan fingerprint density at radius 3 is 2.10 bits per heavy atom. The Morgan fingerprint density at radius 1 is 0.857 bits per heavy atom. The van der Waals surface area contributed by atoms with E-state index in [-0.39, 0.29) is 11.2 Å². The molecule has 0 amide bonds. The van der Waals surface area contributed by atoms with Crippen molar-refractivity contribution in [3.05, 3.63) is 70.7 Å². The van der Waals surface area contributed by atoms with Crippen LogP contribution in [0.2, 0.25) is 5.02 Å². The monoisotopic (exact) mass is 298 g/mol. The Kier molecular flexibility index (Phi) is 4.12. The summed E-state index contributed by atoms with van der Waals surface area (Å²) in [6.45, 7) is 0. The van der Waals surface area contributed by atoms with Gasteiger partial charge in [0.1, 0.15) is 0 Å². The number of carbonyl (C=O) groups is 1. The van der Waals surface area contributed by atoms with Crippen molar-refractivity contribution >= 4 is 17.4 Å². The molecule has 1 fully saturated rings. The van der Waals surface area contributed by atoms with E-state index in [0.29, 0.717) is 5.02 Å². The van der Waals surface area contributed by atoms with Gasteiger partial charge in [-0.3, -0.25) is 4.79 Å². The maximum atomic E-state index is 13.2. The van der Waals surface area contributed by atoms with Crippen LogP contribution < -0.4 is 0 Å². The number of hydrogen-bond donors (Lipinski definition) is 0. The second-order valence-corrected chi connectivity index (χ2v) is 6.28. The standard InChI is InChI=1S/C19H19ClO/c20-17-11-9-15(10-12-17)18(21)19(13-5-2-6-14-19)16-7-3-1-4-8-16/h1,3-4,7-12H,2,5-6,13-14H2. The number of hydrogen-bond acceptors (Lipinski definition) is 1. The van der Waals surface area contributed by atoms with Gasteiger partial charge in [-0.05, 0) is 42.7 Å². The first-order valence-corrected chi connectivity index (χ1v) is 7.96. The van der Waals surface area contributed by atoms with Gasteiger partial charge < -0.3 is 0 Å². The van der Waals surface area contributed by atoms with Gasteiger partial charge in [0.05, 0.1) is 5.41 Å². The Hall–Kier alpha value is -1.60. The first-order valence-electron chi connectivity index (χ1n) is 7.58. The molecule has 3 rings (SSSR count). The topological polar surface area (TPSA) is 17.1 Å². The number of halogens is 1. The molecule has 1 saturated carbocycles. The van der Waals surface area contributed by atoms with Crippen molar-refractivity contribution < 1.29 is 4.79 Å². The number of ketones is 1. The van der Waals surface area contributed by atoms with E-state index in [1.54, 1.807) is 12.1 Å². The zero-order valence-corrected chi connectivity index (χ0v) is 12.8. The summed E-state index contributed by atoms with van der Waals surface area (Å²) in [6.07, 6.45) is 5.35. The third-order valence-corrected chi connectivity index (χ3v) is 4.83. The largest absolute Gasteiger partial charge is 0.293 e. The average Bonchev–Trinajstić information content (AvgIpc) is 2.56. The summed E-state index contributed by atoms with van der Waals surface area (Å²) in [6, 6.07) is 17.6. The van der Waals surface area contributed by atoms with Gasteiger partial charge in [-0.2, -0.15) is 0 Å². The first-order chi connectivity index (χ1) is 10.2. The van der Waals surface area contributed by atoms with Crippen molar-refractivity contribution in [3.63, 3.8) is 0 Å². The molecule has 2 aromatic carbocycles. The molecule has 0 radical (unpaired) electrons. The third kappa shape index (κ3) is 2.75. The van der Waals surface area contributed by atoms with Gasteiger partial charge >= 0.3 is 0 Å². The van der Waals surface area contributed by atoms with E-state index in [2.05, 4.69) is 12.1 Å². The summed E-state index contributed by atoms with van der Waals surface area (Å²) < 4.78 is 0. The third-order valence-electron chi connectivity index (χ3n) is 4.57. The number of rotatable bonds is 3. The second-order valence-electron chi connectivity index (χ2n) is 5.84. The van der Waals surface area contributed by atoms with Crippen LogP contribution in [0.4, 0.5) is 0 Å². The van der Waals surface area contributed by atoms with E-state index >= 15 is 0 Å². The highest BCUT2D eigenvalue weighted by Gasteiger charge is 2.41. The highest BCUT2D eigenvalue weighted by atomic mass is 35.5. The molecular weight excluding hydrogens is 280 g/mol. The maximum absolute atomic E-state index is 13.2. The first kappa shape index (κ1) is 14.3.